The van der Waals surface area contributed by atoms with Gasteiger partial charge in [-0.15, -0.1) is 0 Å². The van der Waals surface area contributed by atoms with E-state index < -0.39 is 0 Å². The lowest BCUT2D eigenvalue weighted by Gasteiger charge is -2.43. The van der Waals surface area contributed by atoms with Crippen LogP contribution in [0, 0.1) is 12.8 Å². The van der Waals surface area contributed by atoms with Gasteiger partial charge in [0, 0.05) is 11.0 Å². The van der Waals surface area contributed by atoms with Crippen LogP contribution in [0.3, 0.4) is 0 Å². The molecule has 0 bridgehead atoms. The van der Waals surface area contributed by atoms with Crippen molar-refractivity contribution in [3.8, 4) is 5.75 Å². The highest BCUT2D eigenvalue weighted by molar-refractivity contribution is 5.48. The van der Waals surface area contributed by atoms with E-state index in [1.807, 2.05) is 13.0 Å². The van der Waals surface area contributed by atoms with E-state index >= 15 is 0 Å². The van der Waals surface area contributed by atoms with Crippen molar-refractivity contribution >= 4 is 0 Å². The molecule has 1 nitrogen and oxygen atoms in total. The summed E-state index contributed by atoms with van der Waals surface area (Å²) in [5, 5.41) is 10.6. The van der Waals surface area contributed by atoms with Crippen molar-refractivity contribution in [3.63, 3.8) is 0 Å². The Labute approximate surface area is 128 Å². The quantitative estimate of drug-likeness (QED) is 0.767. The maximum atomic E-state index is 10.6. The maximum absolute atomic E-state index is 10.6. The maximum Gasteiger partial charge on any atom is 0.119 e. The van der Waals surface area contributed by atoms with Gasteiger partial charge in [0.1, 0.15) is 5.75 Å². The van der Waals surface area contributed by atoms with Gasteiger partial charge in [-0.05, 0) is 50.7 Å². The molecule has 0 radical (unpaired) electrons. The van der Waals surface area contributed by atoms with Crippen LogP contribution in [0.15, 0.2) is 42.0 Å². The second-order valence-corrected chi connectivity index (χ2v) is 6.89. The first-order valence-corrected chi connectivity index (χ1v) is 8.28. The van der Waals surface area contributed by atoms with E-state index in [0.717, 1.165) is 17.5 Å². The molecule has 112 valence electrons. The predicted molar refractivity (Wildman–Crippen MR) is 88.6 cm³/mol. The first-order chi connectivity index (χ1) is 10.1. The SMILES string of the molecule is CC1=CC(c2ccc(C)cc2O)(C2CCCCC2)CC=C1. The van der Waals surface area contributed by atoms with E-state index in [0.29, 0.717) is 11.7 Å². The summed E-state index contributed by atoms with van der Waals surface area (Å²) >= 11 is 0. The van der Waals surface area contributed by atoms with Gasteiger partial charge in [0.15, 0.2) is 0 Å². The van der Waals surface area contributed by atoms with Crippen LogP contribution in [0.2, 0.25) is 0 Å². The second-order valence-electron chi connectivity index (χ2n) is 6.89. The summed E-state index contributed by atoms with van der Waals surface area (Å²) in [6.07, 6.45) is 14.5. The van der Waals surface area contributed by atoms with Gasteiger partial charge in [0.2, 0.25) is 0 Å². The molecule has 0 aliphatic heterocycles. The second kappa shape index (κ2) is 5.71. The molecule has 1 fully saturated rings. The molecule has 1 saturated carbocycles. The Kier molecular flexibility index (Phi) is 3.93. The molecule has 0 aromatic heterocycles. The van der Waals surface area contributed by atoms with Crippen molar-refractivity contribution in [2.75, 3.05) is 0 Å². The number of aromatic hydroxyl groups is 1. The van der Waals surface area contributed by atoms with Gasteiger partial charge in [0.05, 0.1) is 0 Å². The van der Waals surface area contributed by atoms with Gasteiger partial charge in [0.25, 0.3) is 0 Å². The lowest BCUT2D eigenvalue weighted by atomic mass is 9.61. The van der Waals surface area contributed by atoms with Crippen LogP contribution >= 0.6 is 0 Å². The van der Waals surface area contributed by atoms with Crippen molar-refractivity contribution in [3.05, 3.63) is 53.1 Å². The number of allylic oxidation sites excluding steroid dienone is 4. The number of phenols is 1. The van der Waals surface area contributed by atoms with Crippen LogP contribution in [0.4, 0.5) is 0 Å². The molecule has 1 N–H and O–H groups in total. The normalized spacial score (nSPS) is 26.7. The van der Waals surface area contributed by atoms with Crippen molar-refractivity contribution in [2.24, 2.45) is 5.92 Å². The summed E-state index contributed by atoms with van der Waals surface area (Å²) in [5.74, 6) is 1.12. The summed E-state index contributed by atoms with van der Waals surface area (Å²) in [4.78, 5) is 0. The zero-order valence-electron chi connectivity index (χ0n) is 13.2. The fourth-order valence-corrected chi connectivity index (χ4v) is 4.30. The molecular formula is C20H26O. The smallest absolute Gasteiger partial charge is 0.119 e. The Morgan fingerprint density at radius 3 is 2.52 bits per heavy atom. The van der Waals surface area contributed by atoms with Gasteiger partial charge in [-0.25, -0.2) is 0 Å². The summed E-state index contributed by atoms with van der Waals surface area (Å²) in [6.45, 7) is 4.22. The van der Waals surface area contributed by atoms with E-state index in [1.165, 1.54) is 37.7 Å². The molecule has 0 amide bonds. The molecule has 1 atom stereocenters. The molecule has 3 rings (SSSR count). The van der Waals surface area contributed by atoms with Gasteiger partial charge in [-0.2, -0.15) is 0 Å². The molecular weight excluding hydrogens is 256 g/mol. The van der Waals surface area contributed by atoms with Gasteiger partial charge in [-0.3, -0.25) is 0 Å². The Hall–Kier alpha value is -1.50. The van der Waals surface area contributed by atoms with Crippen LogP contribution in [0.5, 0.6) is 5.75 Å². The van der Waals surface area contributed by atoms with Crippen molar-refractivity contribution in [1.82, 2.24) is 0 Å². The standard InChI is InChI=1S/C20H26O/c1-15-10-11-18(19(21)13-15)20(12-6-7-16(2)14-20)17-8-4-3-5-9-17/h6-7,10-11,13-14,17,21H,3-5,8-9,12H2,1-2H3. The van der Waals surface area contributed by atoms with Gasteiger partial charge in [-0.1, -0.05) is 55.2 Å². The van der Waals surface area contributed by atoms with E-state index in [4.69, 9.17) is 0 Å². The van der Waals surface area contributed by atoms with Crippen LogP contribution in [-0.2, 0) is 5.41 Å². The molecule has 1 aromatic carbocycles. The monoisotopic (exact) mass is 282 g/mol. The molecule has 2 aliphatic rings. The van der Waals surface area contributed by atoms with Crippen molar-refractivity contribution in [1.29, 1.82) is 0 Å². The van der Waals surface area contributed by atoms with E-state index in [1.54, 1.807) is 0 Å². The number of phenolic OH excluding ortho intramolecular Hbond substituents is 1. The molecule has 1 unspecified atom stereocenters. The number of hydrogen-bond acceptors (Lipinski definition) is 1. The van der Waals surface area contributed by atoms with E-state index in [-0.39, 0.29) is 5.41 Å². The van der Waals surface area contributed by atoms with Crippen LogP contribution in [0.25, 0.3) is 0 Å². The highest BCUT2D eigenvalue weighted by atomic mass is 16.3. The summed E-state index contributed by atoms with van der Waals surface area (Å²) < 4.78 is 0. The average molecular weight is 282 g/mol. The fourth-order valence-electron chi connectivity index (χ4n) is 4.30. The highest BCUT2D eigenvalue weighted by Crippen LogP contribution is 2.49. The zero-order chi connectivity index (χ0) is 14.9. The van der Waals surface area contributed by atoms with Crippen LogP contribution in [0.1, 0.15) is 56.6 Å². The van der Waals surface area contributed by atoms with Gasteiger partial charge < -0.3 is 5.11 Å². The lowest BCUT2D eigenvalue weighted by Crippen LogP contribution is -2.36. The number of benzene rings is 1. The lowest BCUT2D eigenvalue weighted by molar-refractivity contribution is 0.239. The molecule has 0 spiro atoms. The highest BCUT2D eigenvalue weighted by Gasteiger charge is 2.40. The third kappa shape index (κ3) is 2.66. The largest absolute Gasteiger partial charge is 0.508 e. The summed E-state index contributed by atoms with van der Waals surface area (Å²) in [6, 6.07) is 6.21. The topological polar surface area (TPSA) is 20.2 Å². The minimum atomic E-state index is -0.00294. The Balaban J connectivity index is 2.09. The molecule has 0 heterocycles. The average Bonchev–Trinajstić information content (AvgIpc) is 2.48. The Morgan fingerprint density at radius 1 is 1.10 bits per heavy atom. The molecule has 2 aliphatic carbocycles. The first kappa shape index (κ1) is 14.4. The number of aryl methyl sites for hydroxylation is 1. The number of rotatable bonds is 2. The van der Waals surface area contributed by atoms with E-state index in [2.05, 4.69) is 37.3 Å². The first-order valence-electron chi connectivity index (χ1n) is 8.28. The van der Waals surface area contributed by atoms with Crippen molar-refractivity contribution in [2.45, 2.75) is 57.8 Å². The minimum absolute atomic E-state index is 0.00294. The third-order valence-corrected chi connectivity index (χ3v) is 5.31. The van der Waals surface area contributed by atoms with Gasteiger partial charge >= 0.3 is 0 Å². The Morgan fingerprint density at radius 2 is 1.86 bits per heavy atom. The van der Waals surface area contributed by atoms with E-state index in [9.17, 15) is 5.11 Å². The summed E-state index contributed by atoms with van der Waals surface area (Å²) in [5.41, 5.74) is 3.58. The van der Waals surface area contributed by atoms with Crippen LogP contribution in [-0.4, -0.2) is 5.11 Å². The van der Waals surface area contributed by atoms with Crippen molar-refractivity contribution < 1.29 is 5.11 Å². The number of hydrogen-bond donors (Lipinski definition) is 1. The summed E-state index contributed by atoms with van der Waals surface area (Å²) in [7, 11) is 0. The molecule has 0 saturated heterocycles. The molecule has 1 aromatic rings. The predicted octanol–water partition coefficient (Wildman–Crippen LogP) is 5.42. The Bertz CT molecular complexity index is 576. The third-order valence-electron chi connectivity index (χ3n) is 5.31. The zero-order valence-corrected chi connectivity index (χ0v) is 13.2. The molecule has 1 heteroatoms. The fraction of sp³-hybridized carbons (Fsp3) is 0.500. The minimum Gasteiger partial charge on any atom is -0.508 e. The molecule has 21 heavy (non-hydrogen) atoms. The van der Waals surface area contributed by atoms with Crippen LogP contribution < -0.4 is 0 Å².